The summed E-state index contributed by atoms with van der Waals surface area (Å²) < 4.78 is 0. The number of aliphatic hydroxyl groups excluding tert-OH is 1. The highest BCUT2D eigenvalue weighted by atomic mass is 32.1. The number of pyridine rings is 1. The second-order valence-electron chi connectivity index (χ2n) is 2.98. The molecule has 2 aromatic heterocycles. The van der Waals surface area contributed by atoms with E-state index >= 15 is 0 Å². The molecule has 2 rings (SSSR count). The smallest absolute Gasteiger partial charge is 0.123 e. The number of hydrogen-bond donors (Lipinski definition) is 1. The third-order valence-electron chi connectivity index (χ3n) is 1.92. The number of aromatic nitrogens is 2. The van der Waals surface area contributed by atoms with Gasteiger partial charge in [-0.15, -0.1) is 11.3 Å². The molecule has 0 aliphatic rings. The van der Waals surface area contributed by atoms with Crippen LogP contribution in [0, 0.1) is 6.92 Å². The molecule has 4 heteroatoms. The van der Waals surface area contributed by atoms with Crippen LogP contribution >= 0.6 is 11.3 Å². The molecule has 0 bridgehead atoms. The van der Waals surface area contributed by atoms with E-state index in [-0.39, 0.29) is 0 Å². The topological polar surface area (TPSA) is 46.0 Å². The lowest BCUT2D eigenvalue weighted by molar-refractivity contribution is 0.215. The zero-order valence-corrected chi connectivity index (χ0v) is 8.53. The van der Waals surface area contributed by atoms with Gasteiger partial charge < -0.3 is 5.11 Å². The molecule has 1 unspecified atom stereocenters. The summed E-state index contributed by atoms with van der Waals surface area (Å²) in [4.78, 5) is 8.18. The summed E-state index contributed by atoms with van der Waals surface area (Å²) in [5.74, 6) is 0. The molecule has 0 spiro atoms. The van der Waals surface area contributed by atoms with Gasteiger partial charge in [0.05, 0.1) is 10.7 Å². The van der Waals surface area contributed by atoms with E-state index in [1.165, 1.54) is 11.3 Å². The van der Waals surface area contributed by atoms with Crippen LogP contribution in [0.1, 0.15) is 22.4 Å². The Bertz CT molecular complexity index is 413. The van der Waals surface area contributed by atoms with Crippen molar-refractivity contribution in [2.45, 2.75) is 13.0 Å². The first kappa shape index (κ1) is 9.30. The van der Waals surface area contributed by atoms with Crippen molar-refractivity contribution in [3.63, 3.8) is 0 Å². The number of hydrogen-bond acceptors (Lipinski definition) is 4. The summed E-state index contributed by atoms with van der Waals surface area (Å²) in [5.41, 5.74) is 1.47. The van der Waals surface area contributed by atoms with Crippen molar-refractivity contribution in [1.82, 2.24) is 9.97 Å². The monoisotopic (exact) mass is 206 g/mol. The van der Waals surface area contributed by atoms with Gasteiger partial charge in [0.25, 0.3) is 0 Å². The fourth-order valence-corrected chi connectivity index (χ4v) is 1.85. The van der Waals surface area contributed by atoms with Crippen molar-refractivity contribution >= 4 is 11.3 Å². The van der Waals surface area contributed by atoms with E-state index < -0.39 is 6.10 Å². The zero-order valence-electron chi connectivity index (χ0n) is 7.71. The molecule has 1 atom stereocenters. The Kier molecular flexibility index (Phi) is 2.56. The second-order valence-corrected chi connectivity index (χ2v) is 4.04. The molecule has 72 valence electrons. The highest BCUT2D eigenvalue weighted by Gasteiger charge is 2.12. The third-order valence-corrected chi connectivity index (χ3v) is 2.71. The summed E-state index contributed by atoms with van der Waals surface area (Å²) in [6.45, 7) is 1.92. The summed E-state index contributed by atoms with van der Waals surface area (Å²) >= 11 is 1.54. The molecule has 0 saturated heterocycles. The van der Waals surface area contributed by atoms with Gasteiger partial charge in [-0.2, -0.15) is 0 Å². The molecule has 0 aliphatic carbocycles. The van der Waals surface area contributed by atoms with Crippen molar-refractivity contribution in [3.8, 4) is 0 Å². The van der Waals surface area contributed by atoms with Crippen molar-refractivity contribution in [1.29, 1.82) is 0 Å². The molecule has 14 heavy (non-hydrogen) atoms. The first-order chi connectivity index (χ1) is 6.77. The zero-order chi connectivity index (χ0) is 9.97. The number of nitrogens with zero attached hydrogens (tertiary/aromatic N) is 2. The van der Waals surface area contributed by atoms with Crippen LogP contribution in [0.3, 0.4) is 0 Å². The van der Waals surface area contributed by atoms with Crippen molar-refractivity contribution in [2.24, 2.45) is 0 Å². The molecule has 0 amide bonds. The lowest BCUT2D eigenvalue weighted by Crippen LogP contribution is -2.00. The van der Waals surface area contributed by atoms with Crippen molar-refractivity contribution < 1.29 is 5.11 Å². The van der Waals surface area contributed by atoms with Crippen LogP contribution < -0.4 is 0 Å². The molecule has 0 aliphatic heterocycles. The van der Waals surface area contributed by atoms with Crippen LogP contribution in [0.25, 0.3) is 0 Å². The van der Waals surface area contributed by atoms with Crippen LogP contribution in [0.2, 0.25) is 0 Å². The number of aliphatic hydroxyl groups is 1. The first-order valence-corrected chi connectivity index (χ1v) is 5.15. The molecule has 2 aromatic rings. The number of rotatable bonds is 2. The van der Waals surface area contributed by atoms with Crippen LogP contribution in [-0.4, -0.2) is 15.1 Å². The van der Waals surface area contributed by atoms with Gasteiger partial charge >= 0.3 is 0 Å². The largest absolute Gasteiger partial charge is 0.382 e. The molecule has 0 saturated carbocycles. The highest BCUT2D eigenvalue weighted by Crippen LogP contribution is 2.22. The maximum absolute atomic E-state index is 9.91. The number of thiazole rings is 1. The molecule has 3 nitrogen and oxygen atoms in total. The van der Waals surface area contributed by atoms with Gasteiger partial charge in [-0.1, -0.05) is 6.07 Å². The minimum Gasteiger partial charge on any atom is -0.382 e. The minimum atomic E-state index is -0.659. The lowest BCUT2D eigenvalue weighted by atomic mass is 10.1. The van der Waals surface area contributed by atoms with E-state index in [1.54, 1.807) is 18.5 Å². The Balaban J connectivity index is 2.29. The normalized spacial score (nSPS) is 12.7. The van der Waals surface area contributed by atoms with Crippen LogP contribution in [-0.2, 0) is 0 Å². The first-order valence-electron chi connectivity index (χ1n) is 4.27. The predicted octanol–water partition coefficient (Wildman–Crippen LogP) is 1.93. The second kappa shape index (κ2) is 3.86. The van der Waals surface area contributed by atoms with E-state index in [9.17, 15) is 5.11 Å². The molecule has 0 aromatic carbocycles. The van der Waals surface area contributed by atoms with Gasteiger partial charge in [-0.25, -0.2) is 4.98 Å². The quantitative estimate of drug-likeness (QED) is 0.816. The maximum atomic E-state index is 9.91. The fourth-order valence-electron chi connectivity index (χ4n) is 1.21. The van der Waals surface area contributed by atoms with Gasteiger partial charge in [0.15, 0.2) is 0 Å². The van der Waals surface area contributed by atoms with Crippen molar-refractivity contribution in [2.75, 3.05) is 0 Å². The molecule has 0 radical (unpaired) electrons. The maximum Gasteiger partial charge on any atom is 0.123 e. The predicted molar refractivity (Wildman–Crippen MR) is 55.1 cm³/mol. The summed E-state index contributed by atoms with van der Waals surface area (Å²) in [6, 6.07) is 3.64. The Morgan fingerprint density at radius 3 is 2.93 bits per heavy atom. The standard InChI is InChI=1S/C10H10N2OS/c1-7-12-9(6-14-7)10(13)8-3-2-4-11-5-8/h2-6,10,13H,1H3. The molecule has 2 heterocycles. The Hall–Kier alpha value is -1.26. The minimum absolute atomic E-state index is 0.659. The summed E-state index contributed by atoms with van der Waals surface area (Å²) in [6.07, 6.45) is 2.68. The van der Waals surface area contributed by atoms with Gasteiger partial charge in [0, 0.05) is 23.3 Å². The van der Waals surface area contributed by atoms with Gasteiger partial charge in [0.2, 0.25) is 0 Å². The lowest BCUT2D eigenvalue weighted by Gasteiger charge is -2.06. The molecule has 1 N–H and O–H groups in total. The van der Waals surface area contributed by atoms with Crippen molar-refractivity contribution in [3.05, 3.63) is 46.2 Å². The van der Waals surface area contributed by atoms with Gasteiger partial charge in [0.1, 0.15) is 6.10 Å². The molecular formula is C10H10N2OS. The van der Waals surface area contributed by atoms with E-state index in [1.807, 2.05) is 18.4 Å². The number of aryl methyl sites for hydroxylation is 1. The van der Waals surface area contributed by atoms with Crippen LogP contribution in [0.5, 0.6) is 0 Å². The summed E-state index contributed by atoms with van der Waals surface area (Å²) in [5, 5.41) is 12.7. The Morgan fingerprint density at radius 1 is 1.50 bits per heavy atom. The van der Waals surface area contributed by atoms with E-state index in [4.69, 9.17) is 0 Å². The van der Waals surface area contributed by atoms with E-state index in [0.29, 0.717) is 5.69 Å². The Morgan fingerprint density at radius 2 is 2.36 bits per heavy atom. The van der Waals surface area contributed by atoms with E-state index in [0.717, 1.165) is 10.6 Å². The van der Waals surface area contributed by atoms with Crippen LogP contribution in [0.15, 0.2) is 29.9 Å². The summed E-state index contributed by atoms with van der Waals surface area (Å²) in [7, 11) is 0. The van der Waals surface area contributed by atoms with Gasteiger partial charge in [-0.3, -0.25) is 4.98 Å². The highest BCUT2D eigenvalue weighted by molar-refractivity contribution is 7.09. The SMILES string of the molecule is Cc1nc(C(O)c2cccnc2)cs1. The van der Waals surface area contributed by atoms with Crippen LogP contribution in [0.4, 0.5) is 0 Å². The third kappa shape index (κ3) is 1.81. The fraction of sp³-hybridized carbons (Fsp3) is 0.200. The average Bonchev–Trinajstić information content (AvgIpc) is 2.65. The van der Waals surface area contributed by atoms with E-state index in [2.05, 4.69) is 9.97 Å². The average molecular weight is 206 g/mol. The molecular weight excluding hydrogens is 196 g/mol. The van der Waals surface area contributed by atoms with Gasteiger partial charge in [-0.05, 0) is 13.0 Å². The Labute approximate surface area is 86.1 Å². The molecule has 0 fully saturated rings.